The molecule has 7 nitrogen and oxygen atoms in total. The first-order valence-corrected chi connectivity index (χ1v) is 16.5. The molecule has 0 unspecified atom stereocenters. The summed E-state index contributed by atoms with van der Waals surface area (Å²) >= 11 is 3.47. The maximum atomic E-state index is 13.2. The molecule has 0 bridgehead atoms. The number of benzene rings is 2. The Morgan fingerprint density at radius 1 is 0.659 bits per heavy atom. The zero-order valence-electron chi connectivity index (χ0n) is 24.9. The molecule has 0 aliphatic carbocycles. The molecular formula is C32H44N2O5S2. The van der Waals surface area contributed by atoms with Crippen LogP contribution < -0.4 is 0 Å². The molecule has 2 aliphatic rings. The zero-order valence-corrected chi connectivity index (χ0v) is 26.5. The molecule has 0 N–H and O–H groups in total. The van der Waals surface area contributed by atoms with Crippen molar-refractivity contribution in [2.75, 3.05) is 77.3 Å². The van der Waals surface area contributed by atoms with Crippen molar-refractivity contribution < 1.29 is 23.8 Å². The van der Waals surface area contributed by atoms with Gasteiger partial charge in [-0.25, -0.2) is 0 Å². The van der Waals surface area contributed by atoms with Crippen molar-refractivity contribution >= 4 is 35.1 Å². The third-order valence-electron chi connectivity index (χ3n) is 7.94. The number of ether oxygens (including phenoxy) is 3. The first-order chi connectivity index (χ1) is 19.7. The number of hydrogen-bond acceptors (Lipinski definition) is 9. The first kappa shape index (κ1) is 32.2. The fraction of sp³-hybridized carbons (Fsp3) is 0.562. The van der Waals surface area contributed by atoms with E-state index in [1.807, 2.05) is 76.2 Å². The molecule has 0 radical (unpaired) electrons. The Morgan fingerprint density at radius 3 is 1.34 bits per heavy atom. The molecule has 0 aromatic heterocycles. The summed E-state index contributed by atoms with van der Waals surface area (Å²) in [5, 5.41) is 0. The van der Waals surface area contributed by atoms with Crippen molar-refractivity contribution in [1.29, 1.82) is 0 Å². The second kappa shape index (κ2) is 15.1. The Morgan fingerprint density at radius 2 is 1.00 bits per heavy atom. The lowest BCUT2D eigenvalue weighted by Crippen LogP contribution is -2.54. The van der Waals surface area contributed by atoms with Gasteiger partial charge in [0.25, 0.3) is 0 Å². The van der Waals surface area contributed by atoms with Gasteiger partial charge in [0.1, 0.15) is 0 Å². The van der Waals surface area contributed by atoms with E-state index in [1.165, 1.54) is 0 Å². The predicted octanol–water partition coefficient (Wildman–Crippen LogP) is 5.17. The molecule has 2 heterocycles. The maximum absolute atomic E-state index is 13.2. The van der Waals surface area contributed by atoms with Crippen LogP contribution in [0.3, 0.4) is 0 Å². The Balaban J connectivity index is 1.12. The van der Waals surface area contributed by atoms with Gasteiger partial charge in [0.05, 0.1) is 50.7 Å². The molecule has 0 amide bonds. The summed E-state index contributed by atoms with van der Waals surface area (Å²) in [4.78, 5) is 33.0. The predicted molar refractivity (Wildman–Crippen MR) is 167 cm³/mol. The van der Waals surface area contributed by atoms with Crippen molar-refractivity contribution in [3.05, 3.63) is 59.7 Å². The van der Waals surface area contributed by atoms with Gasteiger partial charge in [0.2, 0.25) is 0 Å². The third kappa shape index (κ3) is 8.66. The molecule has 2 aromatic rings. The monoisotopic (exact) mass is 600 g/mol. The summed E-state index contributed by atoms with van der Waals surface area (Å²) in [6, 6.07) is 15.9. The number of hydrogen-bond donors (Lipinski definition) is 0. The van der Waals surface area contributed by atoms with Gasteiger partial charge in [0, 0.05) is 58.6 Å². The average molecular weight is 601 g/mol. The van der Waals surface area contributed by atoms with E-state index in [9.17, 15) is 9.59 Å². The smallest absolute Gasteiger partial charge is 0.182 e. The SMILES string of the molecule is CC(C)(C(=O)c1ccc(SCCOCCSc2ccc(C(=O)C(C)(C)N3CCOCC3)cc2)cc1)N1CCOCC1. The number of rotatable bonds is 14. The Labute approximate surface area is 253 Å². The van der Waals surface area contributed by atoms with Crippen LogP contribution in [0.15, 0.2) is 58.3 Å². The molecule has 2 aliphatic heterocycles. The average Bonchev–Trinajstić information content (AvgIpc) is 3.01. The summed E-state index contributed by atoms with van der Waals surface area (Å²) in [6.07, 6.45) is 0. The number of morpholine rings is 2. The molecule has 0 spiro atoms. The van der Waals surface area contributed by atoms with Crippen LogP contribution in [-0.4, -0.2) is 110 Å². The van der Waals surface area contributed by atoms with Gasteiger partial charge in [-0.2, -0.15) is 0 Å². The van der Waals surface area contributed by atoms with Crippen LogP contribution in [-0.2, 0) is 14.2 Å². The Bertz CT molecular complexity index is 1040. The van der Waals surface area contributed by atoms with Crippen LogP contribution in [0, 0.1) is 0 Å². The highest BCUT2D eigenvalue weighted by Gasteiger charge is 2.37. The molecule has 2 saturated heterocycles. The minimum Gasteiger partial charge on any atom is -0.380 e. The highest BCUT2D eigenvalue weighted by molar-refractivity contribution is 7.99. The van der Waals surface area contributed by atoms with E-state index in [1.54, 1.807) is 23.5 Å². The first-order valence-electron chi connectivity index (χ1n) is 14.5. The zero-order chi connectivity index (χ0) is 29.3. The topological polar surface area (TPSA) is 68.3 Å². The van der Waals surface area contributed by atoms with E-state index in [0.717, 1.165) is 58.6 Å². The van der Waals surface area contributed by atoms with E-state index in [2.05, 4.69) is 9.80 Å². The van der Waals surface area contributed by atoms with Crippen LogP contribution in [0.25, 0.3) is 0 Å². The van der Waals surface area contributed by atoms with Crippen LogP contribution in [0.4, 0.5) is 0 Å². The van der Waals surface area contributed by atoms with Gasteiger partial charge in [-0.3, -0.25) is 19.4 Å². The highest BCUT2D eigenvalue weighted by atomic mass is 32.2. The number of nitrogens with zero attached hydrogens (tertiary/aromatic N) is 2. The van der Waals surface area contributed by atoms with Gasteiger partial charge >= 0.3 is 0 Å². The van der Waals surface area contributed by atoms with Gasteiger partial charge in [0.15, 0.2) is 11.6 Å². The standard InChI is InChI=1S/C32H44N2O5S2/c1-31(2,33-13-17-37-18-14-33)29(35)25-5-9-27(10-6-25)40-23-21-39-22-24-41-28-11-7-26(8-12-28)30(36)32(3,4)34-15-19-38-20-16-34/h5-12H,13-24H2,1-4H3. The summed E-state index contributed by atoms with van der Waals surface area (Å²) < 4.78 is 16.7. The fourth-order valence-electron chi connectivity index (χ4n) is 5.18. The summed E-state index contributed by atoms with van der Waals surface area (Å²) in [5.74, 6) is 2.00. The molecule has 9 heteroatoms. The minimum absolute atomic E-state index is 0.148. The van der Waals surface area contributed by atoms with Gasteiger partial charge in [-0.15, -0.1) is 23.5 Å². The lowest BCUT2D eigenvalue weighted by molar-refractivity contribution is -0.00443. The van der Waals surface area contributed by atoms with Crippen molar-refractivity contribution in [2.45, 2.75) is 48.6 Å². The van der Waals surface area contributed by atoms with Crippen molar-refractivity contribution in [1.82, 2.24) is 9.80 Å². The minimum atomic E-state index is -0.538. The largest absolute Gasteiger partial charge is 0.380 e. The molecule has 2 fully saturated rings. The molecular weight excluding hydrogens is 556 g/mol. The summed E-state index contributed by atoms with van der Waals surface area (Å²) in [6.45, 7) is 15.2. The van der Waals surface area contributed by atoms with Gasteiger partial charge in [-0.1, -0.05) is 24.3 Å². The Hall–Kier alpha value is -1.72. The molecule has 41 heavy (non-hydrogen) atoms. The van der Waals surface area contributed by atoms with Crippen molar-refractivity contribution in [2.24, 2.45) is 0 Å². The second-order valence-corrected chi connectivity index (χ2v) is 13.7. The third-order valence-corrected chi connectivity index (χ3v) is 9.89. The number of carbonyl (C=O) groups excluding carboxylic acids is 2. The second-order valence-electron chi connectivity index (χ2n) is 11.3. The number of thioether (sulfide) groups is 2. The Kier molecular flexibility index (Phi) is 11.9. The van der Waals surface area contributed by atoms with Crippen molar-refractivity contribution in [3.8, 4) is 0 Å². The summed E-state index contributed by atoms with van der Waals surface area (Å²) in [5.41, 5.74) is 0.419. The lowest BCUT2D eigenvalue weighted by Gasteiger charge is -2.39. The van der Waals surface area contributed by atoms with E-state index >= 15 is 0 Å². The van der Waals surface area contributed by atoms with Crippen LogP contribution in [0.2, 0.25) is 0 Å². The molecule has 4 rings (SSSR count). The fourth-order valence-corrected chi connectivity index (χ4v) is 6.71. The van der Waals surface area contributed by atoms with Crippen LogP contribution >= 0.6 is 23.5 Å². The molecule has 0 saturated carbocycles. The van der Waals surface area contributed by atoms with E-state index in [4.69, 9.17) is 14.2 Å². The molecule has 224 valence electrons. The van der Waals surface area contributed by atoms with Crippen molar-refractivity contribution in [3.63, 3.8) is 0 Å². The van der Waals surface area contributed by atoms with E-state index < -0.39 is 11.1 Å². The van der Waals surface area contributed by atoms with E-state index in [-0.39, 0.29) is 11.6 Å². The normalized spacial score (nSPS) is 17.5. The van der Waals surface area contributed by atoms with Gasteiger partial charge < -0.3 is 14.2 Å². The molecule has 0 atom stereocenters. The number of ketones is 2. The molecule has 2 aromatic carbocycles. The van der Waals surface area contributed by atoms with Gasteiger partial charge in [-0.05, 0) is 52.0 Å². The number of carbonyl (C=O) groups is 2. The maximum Gasteiger partial charge on any atom is 0.182 e. The van der Waals surface area contributed by atoms with Crippen LogP contribution in [0.5, 0.6) is 0 Å². The quantitative estimate of drug-likeness (QED) is 0.166. The highest BCUT2D eigenvalue weighted by Crippen LogP contribution is 2.26. The number of Topliss-reactive ketones (excluding diaryl/α,β-unsaturated/α-hetero) is 2. The summed E-state index contributed by atoms with van der Waals surface area (Å²) in [7, 11) is 0. The van der Waals surface area contributed by atoms with E-state index in [0.29, 0.717) is 39.6 Å². The lowest BCUT2D eigenvalue weighted by atomic mass is 9.91. The van der Waals surface area contributed by atoms with Crippen LogP contribution in [0.1, 0.15) is 48.4 Å².